The highest BCUT2D eigenvalue weighted by Crippen LogP contribution is 2.37. The molecule has 35 heavy (non-hydrogen) atoms. The van der Waals surface area contributed by atoms with Gasteiger partial charge in [-0.1, -0.05) is 0 Å². The van der Waals surface area contributed by atoms with Crippen LogP contribution in [0.1, 0.15) is 42.6 Å². The predicted octanol–water partition coefficient (Wildman–Crippen LogP) is 4.74. The minimum absolute atomic E-state index is 0.0197. The summed E-state index contributed by atoms with van der Waals surface area (Å²) in [7, 11) is 0. The molecular formula is C23H19F5N6O. The maximum absolute atomic E-state index is 14.2. The van der Waals surface area contributed by atoms with Gasteiger partial charge in [0.15, 0.2) is 11.5 Å². The second kappa shape index (κ2) is 7.72. The van der Waals surface area contributed by atoms with Gasteiger partial charge in [0.05, 0.1) is 17.4 Å². The minimum atomic E-state index is -4.59. The molecule has 4 aromatic heterocycles. The van der Waals surface area contributed by atoms with E-state index in [1.807, 2.05) is 4.90 Å². The Hall–Kier alpha value is -3.57. The Kier molecular flexibility index (Phi) is 4.84. The largest absolute Gasteiger partial charge is 0.408 e. The van der Waals surface area contributed by atoms with Crippen LogP contribution in [0, 0.1) is 11.6 Å². The Bertz CT molecular complexity index is 1460. The van der Waals surface area contributed by atoms with E-state index < -0.39 is 24.4 Å². The number of halogens is 5. The fraction of sp³-hybridized carbons (Fsp3) is 0.391. The number of aromatic nitrogens is 5. The first-order valence-corrected chi connectivity index (χ1v) is 11.3. The molecule has 0 aromatic carbocycles. The Morgan fingerprint density at radius 3 is 2.49 bits per heavy atom. The molecule has 182 valence electrons. The molecule has 0 N–H and O–H groups in total. The summed E-state index contributed by atoms with van der Waals surface area (Å²) in [5, 5.41) is 4.32. The van der Waals surface area contributed by atoms with Crippen LogP contribution in [-0.4, -0.2) is 53.2 Å². The van der Waals surface area contributed by atoms with Crippen molar-refractivity contribution >= 4 is 22.5 Å². The predicted molar refractivity (Wildman–Crippen MR) is 115 cm³/mol. The van der Waals surface area contributed by atoms with Gasteiger partial charge in [0.2, 0.25) is 0 Å². The summed E-state index contributed by atoms with van der Waals surface area (Å²) < 4.78 is 70.0. The summed E-state index contributed by atoms with van der Waals surface area (Å²) >= 11 is 0. The van der Waals surface area contributed by atoms with Crippen molar-refractivity contribution in [2.45, 2.75) is 56.9 Å². The van der Waals surface area contributed by atoms with Gasteiger partial charge in [-0.2, -0.15) is 18.3 Å². The number of hydrogen-bond acceptors (Lipinski definition) is 4. The van der Waals surface area contributed by atoms with Gasteiger partial charge in [0.25, 0.3) is 5.91 Å². The van der Waals surface area contributed by atoms with Crippen molar-refractivity contribution in [3.63, 3.8) is 0 Å². The van der Waals surface area contributed by atoms with E-state index in [9.17, 15) is 26.7 Å². The van der Waals surface area contributed by atoms with Crippen LogP contribution in [0.2, 0.25) is 0 Å². The van der Waals surface area contributed by atoms with Crippen molar-refractivity contribution in [1.82, 2.24) is 29.0 Å². The van der Waals surface area contributed by atoms with Crippen LogP contribution in [0.25, 0.3) is 27.9 Å². The van der Waals surface area contributed by atoms with Crippen molar-refractivity contribution in [3.05, 3.63) is 48.1 Å². The Morgan fingerprint density at radius 2 is 1.77 bits per heavy atom. The number of fused-ring (bicyclic) bond motifs is 4. The maximum Gasteiger partial charge on any atom is 0.408 e. The maximum atomic E-state index is 14.2. The van der Waals surface area contributed by atoms with E-state index in [0.717, 1.165) is 47.4 Å². The van der Waals surface area contributed by atoms with E-state index in [2.05, 4.69) is 15.1 Å². The fourth-order valence-electron chi connectivity index (χ4n) is 5.44. The van der Waals surface area contributed by atoms with Crippen molar-refractivity contribution in [3.8, 4) is 11.4 Å². The van der Waals surface area contributed by atoms with Gasteiger partial charge in [-0.15, -0.1) is 0 Å². The fourth-order valence-corrected chi connectivity index (χ4v) is 5.44. The first-order chi connectivity index (χ1) is 16.7. The molecule has 2 unspecified atom stereocenters. The normalized spacial score (nSPS) is 20.3. The first-order valence-electron chi connectivity index (χ1n) is 11.3. The second-order valence-corrected chi connectivity index (χ2v) is 9.08. The summed E-state index contributed by atoms with van der Waals surface area (Å²) in [5.74, 6) is -2.10. The topological polar surface area (TPSA) is 68.3 Å². The summed E-state index contributed by atoms with van der Waals surface area (Å²) in [6.07, 6.45) is 3.57. The Balaban J connectivity index is 1.49. The summed E-state index contributed by atoms with van der Waals surface area (Å²) in [6, 6.07) is 2.23. The smallest absolute Gasteiger partial charge is 0.331 e. The van der Waals surface area contributed by atoms with E-state index in [1.54, 1.807) is 0 Å². The molecule has 0 radical (unpaired) electrons. The van der Waals surface area contributed by atoms with E-state index in [1.165, 1.54) is 18.5 Å². The molecule has 2 atom stereocenters. The van der Waals surface area contributed by atoms with Crippen molar-refractivity contribution < 1.29 is 26.7 Å². The number of rotatable bonds is 3. The number of nitrogens with zero attached hydrogens (tertiary/aromatic N) is 6. The van der Waals surface area contributed by atoms with Gasteiger partial charge in [-0.3, -0.25) is 18.9 Å². The van der Waals surface area contributed by atoms with Crippen LogP contribution in [-0.2, 0) is 6.54 Å². The number of pyridine rings is 2. The lowest BCUT2D eigenvalue weighted by Gasteiger charge is -2.34. The average molecular weight is 490 g/mol. The molecule has 2 saturated heterocycles. The third kappa shape index (κ3) is 3.62. The molecular weight excluding hydrogens is 471 g/mol. The highest BCUT2D eigenvalue weighted by atomic mass is 19.4. The average Bonchev–Trinajstić information content (AvgIpc) is 3.44. The number of alkyl halides is 3. The van der Waals surface area contributed by atoms with Gasteiger partial charge >= 0.3 is 6.18 Å². The molecule has 4 aromatic rings. The van der Waals surface area contributed by atoms with E-state index in [4.69, 9.17) is 0 Å². The summed E-state index contributed by atoms with van der Waals surface area (Å²) in [4.78, 5) is 23.3. The van der Waals surface area contributed by atoms with Gasteiger partial charge in [0.1, 0.15) is 23.7 Å². The summed E-state index contributed by atoms with van der Waals surface area (Å²) in [5.41, 5.74) is 0.0130. The Labute approximate surface area is 195 Å². The lowest BCUT2D eigenvalue weighted by atomic mass is 10.0. The van der Waals surface area contributed by atoms with E-state index >= 15 is 0 Å². The zero-order chi connectivity index (χ0) is 24.5. The van der Waals surface area contributed by atoms with E-state index in [-0.39, 0.29) is 51.6 Å². The van der Waals surface area contributed by atoms with Crippen LogP contribution >= 0.6 is 0 Å². The van der Waals surface area contributed by atoms with E-state index in [0.29, 0.717) is 6.07 Å². The number of piperidine rings is 1. The van der Waals surface area contributed by atoms with Crippen LogP contribution in [0.15, 0.2) is 30.7 Å². The van der Waals surface area contributed by atoms with Gasteiger partial charge in [-0.05, 0) is 38.2 Å². The highest BCUT2D eigenvalue weighted by Gasteiger charge is 2.40. The summed E-state index contributed by atoms with van der Waals surface area (Å²) in [6.45, 7) is -1.41. The SMILES string of the molecule is O=C(c1cc2c(cn1)c(-c1cnc3c(F)cc(F)cn13)nn2CC(F)(F)F)N1C2CCCC1CC2. The number of amides is 1. The molecule has 2 bridgehead atoms. The lowest BCUT2D eigenvalue weighted by molar-refractivity contribution is -0.141. The number of carbonyl (C=O) groups excluding carboxylic acids is 1. The monoisotopic (exact) mass is 490 g/mol. The molecule has 2 aliphatic rings. The molecule has 12 heteroatoms. The number of imidazole rings is 1. The van der Waals surface area contributed by atoms with Gasteiger partial charge < -0.3 is 4.90 Å². The zero-order valence-electron chi connectivity index (χ0n) is 18.3. The third-order valence-corrected chi connectivity index (χ3v) is 6.88. The first kappa shape index (κ1) is 21.9. The van der Waals surface area contributed by atoms with Crippen LogP contribution in [0.3, 0.4) is 0 Å². The molecule has 0 aliphatic carbocycles. The van der Waals surface area contributed by atoms with Crippen molar-refractivity contribution in [2.75, 3.05) is 0 Å². The highest BCUT2D eigenvalue weighted by molar-refractivity contribution is 5.99. The van der Waals surface area contributed by atoms with Gasteiger partial charge in [-0.25, -0.2) is 13.8 Å². The minimum Gasteiger partial charge on any atom is -0.331 e. The Morgan fingerprint density at radius 1 is 1.03 bits per heavy atom. The quantitative estimate of drug-likeness (QED) is 0.389. The molecule has 2 aliphatic heterocycles. The molecule has 2 fully saturated rings. The van der Waals surface area contributed by atoms with Crippen LogP contribution < -0.4 is 0 Å². The molecule has 0 saturated carbocycles. The van der Waals surface area contributed by atoms with Crippen LogP contribution in [0.5, 0.6) is 0 Å². The molecule has 6 rings (SSSR count). The lowest BCUT2D eigenvalue weighted by Crippen LogP contribution is -2.44. The molecule has 6 heterocycles. The van der Waals surface area contributed by atoms with Crippen molar-refractivity contribution in [2.24, 2.45) is 0 Å². The molecule has 7 nitrogen and oxygen atoms in total. The van der Waals surface area contributed by atoms with Crippen LogP contribution in [0.4, 0.5) is 22.0 Å². The van der Waals surface area contributed by atoms with Gasteiger partial charge in [0, 0.05) is 35.9 Å². The number of hydrogen-bond donors (Lipinski definition) is 0. The van der Waals surface area contributed by atoms with Crippen molar-refractivity contribution in [1.29, 1.82) is 0 Å². The number of carbonyl (C=O) groups is 1. The molecule has 0 spiro atoms. The molecule has 1 amide bonds. The standard InChI is InChI=1S/C23H19F5N6O/c24-12-6-16(25)21-30-9-19(32(21)10-12)20-15-8-29-17(7-18(15)33(31-20)11-23(26,27)28)22(35)34-13-2-1-3-14(34)5-4-13/h6-10,13-14H,1-5,11H2. The second-order valence-electron chi connectivity index (χ2n) is 9.08. The zero-order valence-corrected chi connectivity index (χ0v) is 18.3. The third-order valence-electron chi connectivity index (χ3n) is 6.88.